The maximum atomic E-state index is 12.4. The Kier molecular flexibility index (Phi) is 15.0. The first kappa shape index (κ1) is 30.0. The Bertz CT molecular complexity index is 915. The Morgan fingerprint density at radius 3 is 1.91 bits per heavy atom. The molecule has 2 rings (SSSR count). The van der Waals surface area contributed by atoms with Crippen molar-refractivity contribution in [2.45, 2.75) is 95.3 Å². The molecule has 0 atom stereocenters. The van der Waals surface area contributed by atoms with Crippen LogP contribution in [0.3, 0.4) is 0 Å². The summed E-state index contributed by atoms with van der Waals surface area (Å²) in [7, 11) is -4.41. The van der Waals surface area contributed by atoms with E-state index in [0.717, 1.165) is 24.8 Å². The molecule has 0 aromatic heterocycles. The Morgan fingerprint density at radius 2 is 1.36 bits per heavy atom. The van der Waals surface area contributed by atoms with Gasteiger partial charge in [-0.05, 0) is 37.1 Å². The van der Waals surface area contributed by atoms with Gasteiger partial charge in [-0.2, -0.15) is 8.42 Å². The van der Waals surface area contributed by atoms with Crippen molar-refractivity contribution in [3.05, 3.63) is 48.0 Å². The van der Waals surface area contributed by atoms with E-state index in [2.05, 4.69) is 6.92 Å². The fourth-order valence-electron chi connectivity index (χ4n) is 3.84. The van der Waals surface area contributed by atoms with E-state index in [-0.39, 0.29) is 51.7 Å². The van der Waals surface area contributed by atoms with E-state index in [1.807, 2.05) is 0 Å². The molecule has 0 aliphatic carbocycles. The summed E-state index contributed by atoms with van der Waals surface area (Å²) in [5.74, 6) is 0.127. The first-order valence-electron chi connectivity index (χ1n) is 12.0. The minimum absolute atomic E-state index is 0. The molecule has 0 amide bonds. The van der Waals surface area contributed by atoms with Crippen LogP contribution in [0.25, 0.3) is 0 Å². The van der Waals surface area contributed by atoms with Crippen LogP contribution in [-0.4, -0.2) is 13.0 Å². The van der Waals surface area contributed by atoms with Crippen molar-refractivity contribution >= 4 is 10.1 Å². The van der Waals surface area contributed by atoms with Crippen LogP contribution in [0.5, 0.6) is 17.2 Å². The third-order valence-electron chi connectivity index (χ3n) is 5.69. The Balaban J connectivity index is 0.00000544. The van der Waals surface area contributed by atoms with Gasteiger partial charge in [0.15, 0.2) is 0 Å². The molecule has 0 unspecified atom stereocenters. The molecule has 7 heteroatoms. The summed E-state index contributed by atoms with van der Waals surface area (Å²) < 4.78 is 37.8. The maximum absolute atomic E-state index is 12.4. The van der Waals surface area contributed by atoms with E-state index in [0.29, 0.717) is 0 Å². The summed E-state index contributed by atoms with van der Waals surface area (Å²) in [4.78, 5) is -0.326. The molecule has 0 bridgehead atoms. The molecule has 1 N–H and O–H groups in total. The number of hydrogen-bond donors (Lipinski definition) is 1. The fourth-order valence-corrected chi connectivity index (χ4v) is 4.45. The Hall–Kier alpha value is -1.05. The van der Waals surface area contributed by atoms with Crippen LogP contribution in [0.15, 0.2) is 47.4 Å². The van der Waals surface area contributed by atoms with Crippen LogP contribution in [0.2, 0.25) is 0 Å². The molecule has 0 heterocycles. The van der Waals surface area contributed by atoms with Gasteiger partial charge < -0.3 is 9.84 Å². The van der Waals surface area contributed by atoms with E-state index in [9.17, 15) is 18.1 Å². The summed E-state index contributed by atoms with van der Waals surface area (Å²) in [5.41, 5.74) is 0.743. The molecule has 178 valence electrons. The summed E-state index contributed by atoms with van der Waals surface area (Å²) in [5, 5.41) is 12.4. The van der Waals surface area contributed by atoms with Crippen LogP contribution in [0, 0.1) is 0 Å². The second kappa shape index (κ2) is 16.6. The minimum atomic E-state index is -4.41. The van der Waals surface area contributed by atoms with Gasteiger partial charge in [0, 0.05) is 0 Å². The van der Waals surface area contributed by atoms with E-state index in [1.54, 1.807) is 18.2 Å². The number of unbranched alkanes of at least 4 members (excludes halogenated alkanes) is 11. The van der Waals surface area contributed by atoms with E-state index >= 15 is 0 Å². The van der Waals surface area contributed by atoms with E-state index < -0.39 is 10.1 Å². The zero-order chi connectivity index (χ0) is 23.2. The average molecular weight is 485 g/mol. The van der Waals surface area contributed by atoms with Gasteiger partial charge in [0.05, 0.1) is 0 Å². The molecule has 0 aliphatic rings. The number of rotatable bonds is 16. The Morgan fingerprint density at radius 1 is 0.818 bits per heavy atom. The summed E-state index contributed by atoms with van der Waals surface area (Å²) in [6.07, 6.45) is 16.1. The molecule has 0 aliphatic heterocycles. The number of para-hydroxylation sites is 1. The second-order valence-electron chi connectivity index (χ2n) is 8.43. The van der Waals surface area contributed by atoms with Gasteiger partial charge in [-0.1, -0.05) is 101 Å². The normalized spacial score (nSPS) is 11.2. The molecule has 0 radical (unpaired) electrons. The van der Waals surface area contributed by atoms with Gasteiger partial charge in [0.1, 0.15) is 16.4 Å². The van der Waals surface area contributed by atoms with Crippen LogP contribution >= 0.6 is 0 Å². The molecule has 0 saturated heterocycles. The quantitative estimate of drug-likeness (QED) is 0.221. The van der Waals surface area contributed by atoms with E-state index in [4.69, 9.17) is 4.74 Å². The van der Waals surface area contributed by atoms with Gasteiger partial charge in [-0.25, -0.2) is 0 Å². The van der Waals surface area contributed by atoms with Crippen molar-refractivity contribution in [3.63, 3.8) is 0 Å². The third-order valence-corrected chi connectivity index (χ3v) is 6.59. The number of hydrogen-bond acceptors (Lipinski definition) is 4. The van der Waals surface area contributed by atoms with Crippen molar-refractivity contribution in [2.75, 3.05) is 0 Å². The predicted molar refractivity (Wildman–Crippen MR) is 127 cm³/mol. The van der Waals surface area contributed by atoms with Gasteiger partial charge in [-0.3, -0.25) is 4.55 Å². The van der Waals surface area contributed by atoms with Crippen molar-refractivity contribution in [3.8, 4) is 17.2 Å². The monoisotopic (exact) mass is 484 g/mol. The molecule has 33 heavy (non-hydrogen) atoms. The first-order chi connectivity index (χ1) is 15.4. The molecule has 0 fully saturated rings. The topological polar surface area (TPSA) is 86.7 Å². The number of ether oxygens (including phenoxy) is 1. The standard InChI is InChI=1S/C26H38O5S.Na/c1-2-3-4-5-6-7-8-9-10-11-12-13-16-22-19-20-23(21-24(22)27)31-25-17-14-15-18-26(25)32(28,29)30;/h14-15,17-21,27H,2-13,16H2,1H3,(H,28,29,30);/q;+1/p-1. The molecule has 5 nitrogen and oxygen atoms in total. The molecule has 2 aromatic carbocycles. The van der Waals surface area contributed by atoms with Crippen molar-refractivity contribution in [1.82, 2.24) is 0 Å². The second-order valence-corrected chi connectivity index (χ2v) is 9.82. The van der Waals surface area contributed by atoms with Crippen molar-refractivity contribution in [2.24, 2.45) is 0 Å². The van der Waals surface area contributed by atoms with Crippen molar-refractivity contribution < 1.29 is 52.4 Å². The SMILES string of the molecule is CCCCCCCCCCCCCCc1ccc(Oc2ccccc2S(=O)(=O)O)cc1[O-].[Na+]. The average Bonchev–Trinajstić information content (AvgIpc) is 2.75. The van der Waals surface area contributed by atoms with Crippen LogP contribution in [-0.2, 0) is 16.5 Å². The fraction of sp³-hybridized carbons (Fsp3) is 0.538. The largest absolute Gasteiger partial charge is 1.00 e. The minimum Gasteiger partial charge on any atom is -0.872 e. The zero-order valence-electron chi connectivity index (χ0n) is 20.2. The smallest absolute Gasteiger partial charge is 0.872 e. The molecular formula is C26H37NaO5S. The van der Waals surface area contributed by atoms with Gasteiger partial charge in [0.2, 0.25) is 0 Å². The van der Waals surface area contributed by atoms with Crippen LogP contribution in [0.4, 0.5) is 0 Å². The van der Waals surface area contributed by atoms with Gasteiger partial charge in [0.25, 0.3) is 10.1 Å². The van der Waals surface area contributed by atoms with Crippen LogP contribution < -0.4 is 39.4 Å². The molecule has 2 aromatic rings. The molecule has 0 spiro atoms. The number of benzene rings is 2. The maximum Gasteiger partial charge on any atom is 1.00 e. The molecule has 0 saturated carbocycles. The first-order valence-corrected chi connectivity index (χ1v) is 13.4. The summed E-state index contributed by atoms with van der Waals surface area (Å²) >= 11 is 0. The zero-order valence-corrected chi connectivity index (χ0v) is 23.0. The predicted octanol–water partition coefficient (Wildman–Crippen LogP) is 4.05. The molecular weight excluding hydrogens is 447 g/mol. The van der Waals surface area contributed by atoms with Crippen LogP contribution in [0.1, 0.15) is 89.5 Å². The number of aryl methyl sites for hydroxylation is 1. The summed E-state index contributed by atoms with van der Waals surface area (Å²) in [6.45, 7) is 2.25. The van der Waals surface area contributed by atoms with Crippen molar-refractivity contribution in [1.29, 1.82) is 0 Å². The Labute approximate surface area is 222 Å². The summed E-state index contributed by atoms with van der Waals surface area (Å²) in [6, 6.07) is 10.6. The van der Waals surface area contributed by atoms with Gasteiger partial charge >= 0.3 is 29.6 Å². The third kappa shape index (κ3) is 11.8. The van der Waals surface area contributed by atoms with Gasteiger partial charge in [-0.15, -0.1) is 5.75 Å². The van der Waals surface area contributed by atoms with E-state index in [1.165, 1.54) is 88.5 Å².